The number of hydrogen-bond acceptors (Lipinski definition) is 4. The molecule has 1 aliphatic heterocycles. The summed E-state index contributed by atoms with van der Waals surface area (Å²) in [4.78, 5) is 0. The first-order valence-electron chi connectivity index (χ1n) is 8.01. The van der Waals surface area contributed by atoms with E-state index in [1.165, 1.54) is 11.1 Å². The summed E-state index contributed by atoms with van der Waals surface area (Å²) in [6, 6.07) is 6.36. The van der Waals surface area contributed by atoms with Crippen molar-refractivity contribution in [3.63, 3.8) is 0 Å². The van der Waals surface area contributed by atoms with Crippen LogP contribution in [0.5, 0.6) is 0 Å². The maximum atomic E-state index is 6.19. The van der Waals surface area contributed by atoms with Gasteiger partial charge in [0.2, 0.25) is 0 Å². The Hall–Kier alpha value is -1.59. The lowest BCUT2D eigenvalue weighted by Crippen LogP contribution is -2.41. The summed E-state index contributed by atoms with van der Waals surface area (Å²) in [6.07, 6.45) is 0. The van der Waals surface area contributed by atoms with Gasteiger partial charge in [0.15, 0.2) is 0 Å². The summed E-state index contributed by atoms with van der Waals surface area (Å²) < 4.78 is 17.8. The molecule has 0 amide bonds. The summed E-state index contributed by atoms with van der Waals surface area (Å²) in [6.45, 7) is 14.3. The Balaban J connectivity index is 2.07. The van der Waals surface area contributed by atoms with Crippen LogP contribution in [-0.2, 0) is 9.31 Å². The number of hydrogen-bond donors (Lipinski definition) is 0. The van der Waals surface area contributed by atoms with Crippen LogP contribution in [0.4, 0.5) is 0 Å². The van der Waals surface area contributed by atoms with Gasteiger partial charge < -0.3 is 13.8 Å². The second kappa shape index (κ2) is 5.21. The van der Waals surface area contributed by atoms with Crippen molar-refractivity contribution in [2.24, 2.45) is 0 Å². The first-order valence-corrected chi connectivity index (χ1v) is 8.01. The fourth-order valence-electron chi connectivity index (χ4n) is 2.94. The van der Waals surface area contributed by atoms with E-state index in [-0.39, 0.29) is 11.2 Å². The lowest BCUT2D eigenvalue weighted by atomic mass is 9.76. The first kappa shape index (κ1) is 16.3. The summed E-state index contributed by atoms with van der Waals surface area (Å²) in [5.74, 6) is 0.734. The van der Waals surface area contributed by atoms with Gasteiger partial charge in [-0.15, -0.1) is 0 Å². The van der Waals surface area contributed by atoms with Gasteiger partial charge in [0.25, 0.3) is 0 Å². The van der Waals surface area contributed by atoms with Crippen LogP contribution in [-0.4, -0.2) is 23.5 Å². The monoisotopic (exact) mass is 313 g/mol. The summed E-state index contributed by atoms with van der Waals surface area (Å²) >= 11 is 0. The van der Waals surface area contributed by atoms with Gasteiger partial charge in [-0.05, 0) is 60.6 Å². The smallest absolute Gasteiger partial charge is 0.399 e. The molecule has 0 atom stereocenters. The Morgan fingerprint density at radius 2 is 1.39 bits per heavy atom. The van der Waals surface area contributed by atoms with Crippen molar-refractivity contribution in [2.75, 3.05) is 0 Å². The van der Waals surface area contributed by atoms with Crippen molar-refractivity contribution in [3.8, 4) is 11.3 Å². The molecule has 5 heteroatoms. The van der Waals surface area contributed by atoms with Gasteiger partial charge in [-0.3, -0.25) is 0 Å². The molecule has 0 aliphatic carbocycles. The molecule has 0 spiro atoms. The molecule has 0 radical (unpaired) electrons. The maximum Gasteiger partial charge on any atom is 0.500 e. The molecule has 2 aromatic rings. The number of nitrogens with zero attached hydrogens (tertiary/aromatic N) is 1. The topological polar surface area (TPSA) is 44.5 Å². The van der Waals surface area contributed by atoms with Crippen LogP contribution in [0.3, 0.4) is 0 Å². The molecule has 1 aromatic heterocycles. The molecule has 4 nitrogen and oxygen atoms in total. The molecule has 1 saturated heterocycles. The predicted molar refractivity (Wildman–Crippen MR) is 91.9 cm³/mol. The van der Waals surface area contributed by atoms with E-state index in [1.807, 2.05) is 34.6 Å². The molecular formula is C18H24BNO3. The van der Waals surface area contributed by atoms with Crippen molar-refractivity contribution in [1.82, 2.24) is 5.16 Å². The standard InChI is InChI=1S/C18H24BNO3/c1-11-8-12(2)10-14(9-11)16-15(13(3)21-20-16)19-22-17(4,5)18(6,7)23-19/h8-10H,1-7H3. The Morgan fingerprint density at radius 3 is 1.91 bits per heavy atom. The molecule has 2 heterocycles. The summed E-state index contributed by atoms with van der Waals surface area (Å²) in [5.41, 5.74) is 4.33. The minimum absolute atomic E-state index is 0.388. The highest BCUT2D eigenvalue weighted by molar-refractivity contribution is 6.64. The van der Waals surface area contributed by atoms with Crippen molar-refractivity contribution in [2.45, 2.75) is 59.7 Å². The van der Waals surface area contributed by atoms with E-state index >= 15 is 0 Å². The van der Waals surface area contributed by atoms with Crippen molar-refractivity contribution in [1.29, 1.82) is 0 Å². The van der Waals surface area contributed by atoms with E-state index in [0.717, 1.165) is 22.5 Å². The lowest BCUT2D eigenvalue weighted by Gasteiger charge is -2.32. The van der Waals surface area contributed by atoms with E-state index in [4.69, 9.17) is 13.8 Å². The molecule has 3 rings (SSSR count). The highest BCUT2D eigenvalue weighted by Crippen LogP contribution is 2.37. The van der Waals surface area contributed by atoms with Gasteiger partial charge in [0.05, 0.1) is 16.7 Å². The molecule has 1 aromatic carbocycles. The molecule has 0 unspecified atom stereocenters. The zero-order valence-corrected chi connectivity index (χ0v) is 15.0. The molecule has 1 aliphatic rings. The fraction of sp³-hybridized carbons (Fsp3) is 0.500. The number of rotatable bonds is 2. The Labute approximate surface area is 138 Å². The largest absolute Gasteiger partial charge is 0.500 e. The quantitative estimate of drug-likeness (QED) is 0.795. The van der Waals surface area contributed by atoms with E-state index < -0.39 is 7.12 Å². The van der Waals surface area contributed by atoms with E-state index in [9.17, 15) is 0 Å². The lowest BCUT2D eigenvalue weighted by molar-refractivity contribution is 0.00578. The van der Waals surface area contributed by atoms with Gasteiger partial charge in [-0.1, -0.05) is 22.3 Å². The Morgan fingerprint density at radius 1 is 0.870 bits per heavy atom. The minimum Gasteiger partial charge on any atom is -0.399 e. The van der Waals surface area contributed by atoms with Crippen LogP contribution in [0, 0.1) is 20.8 Å². The number of benzene rings is 1. The van der Waals surface area contributed by atoms with Crippen LogP contribution >= 0.6 is 0 Å². The molecule has 23 heavy (non-hydrogen) atoms. The second-order valence-corrected chi connectivity index (χ2v) is 7.47. The normalized spacial score (nSPS) is 19.3. The molecule has 0 bridgehead atoms. The van der Waals surface area contributed by atoms with Crippen molar-refractivity contribution < 1.29 is 13.8 Å². The SMILES string of the molecule is Cc1cc(C)cc(-c2noc(C)c2B2OC(C)(C)C(C)(C)O2)c1. The predicted octanol–water partition coefficient (Wildman–Crippen LogP) is 3.57. The van der Waals surface area contributed by atoms with E-state index in [0.29, 0.717) is 0 Å². The minimum atomic E-state index is -0.470. The van der Waals surface area contributed by atoms with Crippen LogP contribution < -0.4 is 5.46 Å². The Bertz CT molecular complexity index is 712. The van der Waals surface area contributed by atoms with Gasteiger partial charge in [0, 0.05) is 5.56 Å². The third kappa shape index (κ3) is 2.72. The van der Waals surface area contributed by atoms with Crippen molar-refractivity contribution >= 4 is 12.6 Å². The van der Waals surface area contributed by atoms with Crippen LogP contribution in [0.15, 0.2) is 22.7 Å². The molecule has 0 N–H and O–H groups in total. The molecule has 122 valence electrons. The van der Waals surface area contributed by atoms with E-state index in [2.05, 4.69) is 37.2 Å². The zero-order valence-electron chi connectivity index (χ0n) is 15.0. The first-order chi connectivity index (χ1) is 10.6. The van der Waals surface area contributed by atoms with Crippen molar-refractivity contribution in [3.05, 3.63) is 35.1 Å². The van der Waals surface area contributed by atoms with Crippen LogP contribution in [0.25, 0.3) is 11.3 Å². The maximum absolute atomic E-state index is 6.19. The summed E-state index contributed by atoms with van der Waals surface area (Å²) in [7, 11) is -0.470. The Kier molecular flexibility index (Phi) is 3.69. The van der Waals surface area contributed by atoms with Crippen LogP contribution in [0.1, 0.15) is 44.6 Å². The third-order valence-corrected chi connectivity index (χ3v) is 4.89. The third-order valence-electron chi connectivity index (χ3n) is 4.89. The number of aromatic nitrogens is 1. The zero-order chi connectivity index (χ0) is 17.0. The van der Waals surface area contributed by atoms with Gasteiger partial charge in [0.1, 0.15) is 11.5 Å². The highest BCUT2D eigenvalue weighted by atomic mass is 16.7. The molecular weight excluding hydrogens is 289 g/mol. The van der Waals surface area contributed by atoms with Gasteiger partial charge >= 0.3 is 7.12 Å². The van der Waals surface area contributed by atoms with Gasteiger partial charge in [-0.2, -0.15) is 0 Å². The second-order valence-electron chi connectivity index (χ2n) is 7.47. The van der Waals surface area contributed by atoms with E-state index in [1.54, 1.807) is 0 Å². The highest BCUT2D eigenvalue weighted by Gasteiger charge is 2.53. The molecule has 0 saturated carbocycles. The average Bonchev–Trinajstić information content (AvgIpc) is 2.86. The fourth-order valence-corrected chi connectivity index (χ4v) is 2.94. The van der Waals surface area contributed by atoms with Crippen LogP contribution in [0.2, 0.25) is 0 Å². The van der Waals surface area contributed by atoms with Gasteiger partial charge in [-0.25, -0.2) is 0 Å². The number of aryl methyl sites for hydroxylation is 3. The summed E-state index contributed by atoms with van der Waals surface area (Å²) in [5, 5.41) is 4.27. The molecule has 1 fully saturated rings. The average molecular weight is 313 g/mol.